The average Bonchev–Trinajstić information content (AvgIpc) is 3.16. The predicted molar refractivity (Wildman–Crippen MR) is 106 cm³/mol. The highest BCUT2D eigenvalue weighted by Gasteiger charge is 2.14. The van der Waals surface area contributed by atoms with Crippen LogP contribution in [0.3, 0.4) is 0 Å². The van der Waals surface area contributed by atoms with Crippen molar-refractivity contribution in [3.63, 3.8) is 0 Å². The van der Waals surface area contributed by atoms with Gasteiger partial charge < -0.3 is 5.32 Å². The normalized spacial score (nSPS) is 10.6. The second-order valence-electron chi connectivity index (χ2n) is 6.33. The van der Waals surface area contributed by atoms with Crippen LogP contribution in [0.1, 0.15) is 21.6 Å². The Morgan fingerprint density at radius 3 is 2.43 bits per heavy atom. The van der Waals surface area contributed by atoms with Crippen molar-refractivity contribution in [1.29, 1.82) is 0 Å². The molecule has 0 fully saturated rings. The number of aromatic nitrogens is 4. The van der Waals surface area contributed by atoms with Crippen LogP contribution >= 0.6 is 0 Å². The van der Waals surface area contributed by atoms with Crippen LogP contribution in [0.4, 0.5) is 0 Å². The Morgan fingerprint density at radius 2 is 1.71 bits per heavy atom. The van der Waals surface area contributed by atoms with Gasteiger partial charge in [0.2, 0.25) is 0 Å². The van der Waals surface area contributed by atoms with Gasteiger partial charge in [0, 0.05) is 36.3 Å². The van der Waals surface area contributed by atoms with Crippen LogP contribution in [0.5, 0.6) is 0 Å². The van der Waals surface area contributed by atoms with E-state index in [2.05, 4.69) is 27.4 Å². The third-order valence-electron chi connectivity index (χ3n) is 4.31. The third kappa shape index (κ3) is 4.12. The van der Waals surface area contributed by atoms with Crippen LogP contribution in [0, 0.1) is 0 Å². The number of rotatable bonds is 6. The van der Waals surface area contributed by atoms with Crippen LogP contribution in [-0.2, 0) is 13.1 Å². The summed E-state index contributed by atoms with van der Waals surface area (Å²) in [5.41, 5.74) is 4.27. The fourth-order valence-corrected chi connectivity index (χ4v) is 2.96. The van der Waals surface area contributed by atoms with E-state index in [1.165, 1.54) is 24.2 Å². The van der Waals surface area contributed by atoms with Crippen LogP contribution < -0.4 is 5.32 Å². The van der Waals surface area contributed by atoms with Crippen LogP contribution in [-0.4, -0.2) is 25.7 Å². The van der Waals surface area contributed by atoms with E-state index in [0.29, 0.717) is 18.8 Å². The highest BCUT2D eigenvalue weighted by Crippen LogP contribution is 2.22. The van der Waals surface area contributed by atoms with Gasteiger partial charge >= 0.3 is 0 Å². The van der Waals surface area contributed by atoms with Gasteiger partial charge in [-0.25, -0.2) is 4.98 Å². The molecule has 4 aromatic rings. The fourth-order valence-electron chi connectivity index (χ4n) is 2.96. The summed E-state index contributed by atoms with van der Waals surface area (Å²) in [6.45, 7) is 1.02. The molecule has 2 heterocycles. The molecular formula is C22H19N5O. The molecule has 6 nitrogen and oxygen atoms in total. The Labute approximate surface area is 162 Å². The lowest BCUT2D eigenvalue weighted by atomic mass is 10.1. The molecule has 0 atom stereocenters. The van der Waals surface area contributed by atoms with Gasteiger partial charge in [0.05, 0.1) is 18.4 Å². The molecule has 1 N–H and O–H groups in total. The molecule has 0 unspecified atom stereocenters. The largest absolute Gasteiger partial charge is 0.346 e. The van der Waals surface area contributed by atoms with Crippen molar-refractivity contribution in [2.45, 2.75) is 13.1 Å². The SMILES string of the molecule is O=C(NCc1cn(Cc2ccccc2)nc1-c1ccccc1)c1cnccn1. The van der Waals surface area contributed by atoms with Gasteiger partial charge in [-0.1, -0.05) is 60.7 Å². The summed E-state index contributed by atoms with van der Waals surface area (Å²) in [6, 6.07) is 20.1. The molecule has 1 amide bonds. The second kappa shape index (κ2) is 8.26. The molecule has 28 heavy (non-hydrogen) atoms. The topological polar surface area (TPSA) is 72.7 Å². The van der Waals surface area contributed by atoms with E-state index in [9.17, 15) is 4.79 Å². The van der Waals surface area contributed by atoms with Gasteiger partial charge in [-0.15, -0.1) is 0 Å². The lowest BCUT2D eigenvalue weighted by molar-refractivity contribution is 0.0945. The van der Waals surface area contributed by atoms with Gasteiger partial charge in [-0.3, -0.25) is 14.5 Å². The number of nitrogens with zero attached hydrogens (tertiary/aromatic N) is 4. The van der Waals surface area contributed by atoms with Crippen molar-refractivity contribution in [2.24, 2.45) is 0 Å². The zero-order valence-corrected chi connectivity index (χ0v) is 15.2. The third-order valence-corrected chi connectivity index (χ3v) is 4.31. The first-order chi connectivity index (χ1) is 13.8. The summed E-state index contributed by atoms with van der Waals surface area (Å²) in [6.07, 6.45) is 6.47. The van der Waals surface area contributed by atoms with Crippen LogP contribution in [0.2, 0.25) is 0 Å². The summed E-state index contributed by atoms with van der Waals surface area (Å²) in [5, 5.41) is 7.67. The molecule has 0 radical (unpaired) electrons. The van der Waals surface area contributed by atoms with Crippen molar-refractivity contribution in [1.82, 2.24) is 25.1 Å². The van der Waals surface area contributed by atoms with Crippen molar-refractivity contribution in [3.8, 4) is 11.3 Å². The minimum Gasteiger partial charge on any atom is -0.346 e. The molecule has 0 aliphatic heterocycles. The first kappa shape index (κ1) is 17.6. The quantitative estimate of drug-likeness (QED) is 0.566. The van der Waals surface area contributed by atoms with Gasteiger partial charge in [0.1, 0.15) is 5.69 Å². The molecule has 2 aromatic carbocycles. The number of hydrogen-bond donors (Lipinski definition) is 1. The minimum atomic E-state index is -0.261. The summed E-state index contributed by atoms with van der Waals surface area (Å²) >= 11 is 0. The summed E-state index contributed by atoms with van der Waals surface area (Å²) in [4.78, 5) is 20.3. The smallest absolute Gasteiger partial charge is 0.271 e. The monoisotopic (exact) mass is 369 g/mol. The molecule has 0 aliphatic rings. The van der Waals surface area contributed by atoms with E-state index >= 15 is 0 Å². The van der Waals surface area contributed by atoms with Crippen LogP contribution in [0.15, 0.2) is 85.5 Å². The zero-order chi connectivity index (χ0) is 19.2. The lowest BCUT2D eigenvalue weighted by Crippen LogP contribution is -2.24. The molecule has 6 heteroatoms. The van der Waals surface area contributed by atoms with E-state index in [1.807, 2.05) is 59.4 Å². The molecule has 138 valence electrons. The average molecular weight is 369 g/mol. The minimum absolute atomic E-state index is 0.261. The lowest BCUT2D eigenvalue weighted by Gasteiger charge is -2.05. The number of carbonyl (C=O) groups excluding carboxylic acids is 1. The highest BCUT2D eigenvalue weighted by molar-refractivity contribution is 5.91. The number of hydrogen-bond acceptors (Lipinski definition) is 4. The molecule has 4 rings (SSSR count). The molecule has 0 saturated heterocycles. The fraction of sp³-hybridized carbons (Fsp3) is 0.0909. The predicted octanol–water partition coefficient (Wildman–Crippen LogP) is 3.32. The maximum Gasteiger partial charge on any atom is 0.271 e. The molecule has 0 aliphatic carbocycles. The summed E-state index contributed by atoms with van der Waals surface area (Å²) in [7, 11) is 0. The Morgan fingerprint density at radius 1 is 0.964 bits per heavy atom. The Bertz CT molecular complexity index is 1050. The molecule has 2 aromatic heterocycles. The zero-order valence-electron chi connectivity index (χ0n) is 15.2. The van der Waals surface area contributed by atoms with E-state index in [0.717, 1.165) is 16.8 Å². The Hall–Kier alpha value is -3.80. The van der Waals surface area contributed by atoms with Gasteiger partial charge in [0.15, 0.2) is 0 Å². The van der Waals surface area contributed by atoms with E-state index in [4.69, 9.17) is 5.10 Å². The number of nitrogens with one attached hydrogen (secondary N) is 1. The van der Waals surface area contributed by atoms with E-state index < -0.39 is 0 Å². The van der Waals surface area contributed by atoms with E-state index in [1.54, 1.807) is 0 Å². The molecule has 0 saturated carbocycles. The molecular weight excluding hydrogens is 350 g/mol. The van der Waals surface area contributed by atoms with Crippen molar-refractivity contribution >= 4 is 5.91 Å². The van der Waals surface area contributed by atoms with Crippen LogP contribution in [0.25, 0.3) is 11.3 Å². The number of benzene rings is 2. The maximum atomic E-state index is 12.3. The summed E-state index contributed by atoms with van der Waals surface area (Å²) in [5.74, 6) is -0.261. The second-order valence-corrected chi connectivity index (χ2v) is 6.33. The van der Waals surface area contributed by atoms with Gasteiger partial charge in [-0.05, 0) is 5.56 Å². The van der Waals surface area contributed by atoms with Crippen molar-refractivity contribution in [3.05, 3.63) is 102 Å². The molecule has 0 bridgehead atoms. The van der Waals surface area contributed by atoms with Gasteiger partial charge in [0.25, 0.3) is 5.91 Å². The first-order valence-electron chi connectivity index (χ1n) is 8.99. The maximum absolute atomic E-state index is 12.3. The first-order valence-corrected chi connectivity index (χ1v) is 8.99. The highest BCUT2D eigenvalue weighted by atomic mass is 16.1. The molecule has 0 spiro atoms. The Kier molecular flexibility index (Phi) is 5.20. The Balaban J connectivity index is 1.58. The van der Waals surface area contributed by atoms with E-state index in [-0.39, 0.29) is 5.91 Å². The standard InChI is InChI=1S/C22H19N5O/c28-22(20-14-23-11-12-24-20)25-13-19-16-27(15-17-7-3-1-4-8-17)26-21(19)18-9-5-2-6-10-18/h1-12,14,16H,13,15H2,(H,25,28). The van der Waals surface area contributed by atoms with Gasteiger partial charge in [-0.2, -0.15) is 5.10 Å². The van der Waals surface area contributed by atoms with Crippen molar-refractivity contribution < 1.29 is 4.79 Å². The number of amides is 1. The number of carbonyl (C=O) groups is 1. The summed E-state index contributed by atoms with van der Waals surface area (Å²) < 4.78 is 1.90. The van der Waals surface area contributed by atoms with Crippen molar-refractivity contribution in [2.75, 3.05) is 0 Å².